The SMILES string of the molecule is Cc1cc(-c2nn(-c3ccccc3)cc2/C=C2/SC(=S)N(C3CCS(=O)(=O)C3)C2=O)ccc1OC(C)C. The fourth-order valence-electron chi connectivity index (χ4n) is 4.53. The van der Waals surface area contributed by atoms with Gasteiger partial charge in [-0.3, -0.25) is 9.69 Å². The number of thioether (sulfide) groups is 1. The molecule has 2 aromatic carbocycles. The molecule has 3 heterocycles. The predicted octanol–water partition coefficient (Wildman–Crippen LogP) is 5.02. The fourth-order valence-corrected chi connectivity index (χ4v) is 7.62. The summed E-state index contributed by atoms with van der Waals surface area (Å²) in [5, 5.41) is 4.87. The van der Waals surface area contributed by atoms with E-state index in [9.17, 15) is 13.2 Å². The second kappa shape index (κ2) is 10.1. The van der Waals surface area contributed by atoms with Crippen LogP contribution in [0.2, 0.25) is 0 Å². The summed E-state index contributed by atoms with van der Waals surface area (Å²) in [6.45, 7) is 5.98. The Morgan fingerprint density at radius 3 is 2.59 bits per heavy atom. The quantitative estimate of drug-likeness (QED) is 0.313. The first-order valence-electron chi connectivity index (χ1n) is 12.0. The number of para-hydroxylation sites is 1. The number of sulfone groups is 1. The molecular weight excluding hydrogens is 527 g/mol. The number of aromatic nitrogens is 2. The molecule has 2 aliphatic heterocycles. The van der Waals surface area contributed by atoms with Gasteiger partial charge in [-0.15, -0.1) is 0 Å². The zero-order valence-corrected chi connectivity index (χ0v) is 23.2. The third-order valence-corrected chi connectivity index (χ3v) is 9.34. The molecule has 5 rings (SSSR count). The summed E-state index contributed by atoms with van der Waals surface area (Å²) in [5.41, 5.74) is 4.26. The monoisotopic (exact) mass is 553 g/mol. The first-order valence-corrected chi connectivity index (χ1v) is 15.1. The summed E-state index contributed by atoms with van der Waals surface area (Å²) in [7, 11) is -3.15. The average molecular weight is 554 g/mol. The topological polar surface area (TPSA) is 81.5 Å². The van der Waals surface area contributed by atoms with Gasteiger partial charge >= 0.3 is 0 Å². The van der Waals surface area contributed by atoms with E-state index in [1.54, 1.807) is 10.8 Å². The number of hydrogen-bond donors (Lipinski definition) is 0. The smallest absolute Gasteiger partial charge is 0.266 e. The average Bonchev–Trinajstić information content (AvgIpc) is 3.51. The van der Waals surface area contributed by atoms with Crippen molar-refractivity contribution < 1.29 is 17.9 Å². The molecule has 7 nitrogen and oxygen atoms in total. The van der Waals surface area contributed by atoms with E-state index in [4.69, 9.17) is 22.1 Å². The van der Waals surface area contributed by atoms with Crippen molar-refractivity contribution in [2.24, 2.45) is 0 Å². The lowest BCUT2D eigenvalue weighted by Crippen LogP contribution is -2.39. The molecule has 0 radical (unpaired) electrons. The third kappa shape index (κ3) is 5.37. The van der Waals surface area contributed by atoms with Crippen LogP contribution in [0.25, 0.3) is 23.0 Å². The maximum Gasteiger partial charge on any atom is 0.266 e. The highest BCUT2D eigenvalue weighted by molar-refractivity contribution is 8.26. The molecule has 0 N–H and O–H groups in total. The molecule has 2 aliphatic rings. The molecule has 37 heavy (non-hydrogen) atoms. The van der Waals surface area contributed by atoms with Gasteiger partial charge in [0, 0.05) is 17.3 Å². The molecule has 0 bridgehead atoms. The third-order valence-electron chi connectivity index (χ3n) is 6.26. The van der Waals surface area contributed by atoms with Gasteiger partial charge in [0.25, 0.3) is 5.91 Å². The van der Waals surface area contributed by atoms with Gasteiger partial charge < -0.3 is 4.74 Å². The highest BCUT2D eigenvalue weighted by Gasteiger charge is 2.42. The molecule has 2 fully saturated rings. The zero-order valence-electron chi connectivity index (χ0n) is 20.7. The first-order chi connectivity index (χ1) is 17.6. The highest BCUT2D eigenvalue weighted by Crippen LogP contribution is 2.38. The van der Waals surface area contributed by atoms with Gasteiger partial charge in [-0.1, -0.05) is 42.2 Å². The van der Waals surface area contributed by atoms with Crippen LogP contribution in [0.1, 0.15) is 31.4 Å². The number of amides is 1. The number of benzene rings is 2. The molecule has 1 amide bonds. The molecule has 0 spiro atoms. The van der Waals surface area contributed by atoms with Gasteiger partial charge in [-0.05, 0) is 69.2 Å². The van der Waals surface area contributed by atoms with E-state index in [1.165, 1.54) is 16.7 Å². The van der Waals surface area contributed by atoms with Gasteiger partial charge in [0.05, 0.1) is 34.2 Å². The normalized spacial score (nSPS) is 20.4. The Balaban J connectivity index is 1.54. The molecule has 1 unspecified atom stereocenters. The van der Waals surface area contributed by atoms with Crippen molar-refractivity contribution in [2.45, 2.75) is 39.3 Å². The summed E-state index contributed by atoms with van der Waals surface area (Å²) in [5.74, 6) is 0.591. The number of aryl methyl sites for hydroxylation is 1. The highest BCUT2D eigenvalue weighted by atomic mass is 32.2. The molecule has 3 aromatic rings. The van der Waals surface area contributed by atoms with Crippen molar-refractivity contribution in [1.29, 1.82) is 0 Å². The van der Waals surface area contributed by atoms with E-state index < -0.39 is 15.9 Å². The van der Waals surface area contributed by atoms with Gasteiger partial charge in [0.1, 0.15) is 15.8 Å². The number of hydrogen-bond acceptors (Lipinski definition) is 7. The van der Waals surface area contributed by atoms with Crippen LogP contribution < -0.4 is 4.74 Å². The Morgan fingerprint density at radius 1 is 1.19 bits per heavy atom. The Hall–Kier alpha value is -2.95. The van der Waals surface area contributed by atoms with Crippen LogP contribution >= 0.6 is 24.0 Å². The molecule has 0 aliphatic carbocycles. The van der Waals surface area contributed by atoms with Gasteiger partial charge in [0.2, 0.25) is 0 Å². The maximum atomic E-state index is 13.4. The summed E-state index contributed by atoms with van der Waals surface area (Å²) in [6, 6.07) is 15.3. The van der Waals surface area contributed by atoms with Crippen LogP contribution in [0, 0.1) is 6.92 Å². The number of ether oxygens (including phenoxy) is 1. The molecule has 0 saturated carbocycles. The van der Waals surface area contributed by atoms with Crippen molar-refractivity contribution in [1.82, 2.24) is 14.7 Å². The van der Waals surface area contributed by atoms with E-state index in [1.807, 2.05) is 75.5 Å². The minimum absolute atomic E-state index is 0.0476. The molecular formula is C27H27N3O4S3. The van der Waals surface area contributed by atoms with Crippen molar-refractivity contribution in [2.75, 3.05) is 11.5 Å². The number of rotatable bonds is 6. The van der Waals surface area contributed by atoms with Crippen LogP contribution in [0.5, 0.6) is 5.75 Å². The van der Waals surface area contributed by atoms with Gasteiger partial charge in [-0.25, -0.2) is 13.1 Å². The molecule has 1 aromatic heterocycles. The fraction of sp³-hybridized carbons (Fsp3) is 0.296. The van der Waals surface area contributed by atoms with Crippen LogP contribution in [0.15, 0.2) is 59.6 Å². The minimum Gasteiger partial charge on any atom is -0.491 e. The first kappa shape index (κ1) is 25.7. The standard InChI is InChI=1S/C27H27N3O4S3/c1-17(2)34-23-10-9-19(13-18(23)3)25-20(15-29(28-25)21-7-5-4-6-8-21)14-24-26(31)30(27(35)36-24)22-11-12-37(32,33)16-22/h4-10,13-15,17,22H,11-12,16H2,1-3H3/b24-14+. The second-order valence-corrected chi connectivity index (χ2v) is 13.4. The number of thiocarbonyl (C=S) groups is 1. The van der Waals surface area contributed by atoms with Gasteiger partial charge in [0.15, 0.2) is 9.84 Å². The lowest BCUT2D eigenvalue weighted by atomic mass is 10.0. The minimum atomic E-state index is -3.15. The Bertz CT molecular complexity index is 1510. The van der Waals surface area contributed by atoms with Crippen LogP contribution in [-0.2, 0) is 14.6 Å². The zero-order chi connectivity index (χ0) is 26.3. The van der Waals surface area contributed by atoms with E-state index >= 15 is 0 Å². The van der Waals surface area contributed by atoms with Crippen LogP contribution in [0.3, 0.4) is 0 Å². The number of nitrogens with zero attached hydrogens (tertiary/aromatic N) is 3. The molecule has 10 heteroatoms. The summed E-state index contributed by atoms with van der Waals surface area (Å²) in [4.78, 5) is 15.3. The molecule has 1 atom stereocenters. The van der Waals surface area contributed by atoms with Crippen molar-refractivity contribution in [3.05, 3.63) is 70.8 Å². The van der Waals surface area contributed by atoms with E-state index in [0.717, 1.165) is 33.8 Å². The summed E-state index contributed by atoms with van der Waals surface area (Å²) < 4.78 is 32.1. The summed E-state index contributed by atoms with van der Waals surface area (Å²) in [6.07, 6.45) is 4.17. The Morgan fingerprint density at radius 2 is 1.95 bits per heavy atom. The van der Waals surface area contributed by atoms with E-state index in [0.29, 0.717) is 15.6 Å². The second-order valence-electron chi connectivity index (χ2n) is 9.47. The van der Waals surface area contributed by atoms with Crippen molar-refractivity contribution in [3.63, 3.8) is 0 Å². The van der Waals surface area contributed by atoms with Gasteiger partial charge in [-0.2, -0.15) is 5.10 Å². The van der Waals surface area contributed by atoms with Crippen molar-refractivity contribution >= 4 is 50.1 Å². The largest absolute Gasteiger partial charge is 0.491 e. The van der Waals surface area contributed by atoms with E-state index in [-0.39, 0.29) is 23.5 Å². The Kier molecular flexibility index (Phi) is 6.99. The maximum absolute atomic E-state index is 13.4. The number of carbonyl (C=O) groups excluding carboxylic acids is 1. The lowest BCUT2D eigenvalue weighted by molar-refractivity contribution is -0.123. The van der Waals surface area contributed by atoms with Crippen LogP contribution in [0.4, 0.5) is 0 Å². The van der Waals surface area contributed by atoms with Crippen molar-refractivity contribution in [3.8, 4) is 22.7 Å². The molecule has 192 valence electrons. The number of carbonyl (C=O) groups is 1. The van der Waals surface area contributed by atoms with E-state index in [2.05, 4.69) is 0 Å². The summed E-state index contributed by atoms with van der Waals surface area (Å²) >= 11 is 6.70. The lowest BCUT2D eigenvalue weighted by Gasteiger charge is -2.20. The Labute approximate surface area is 226 Å². The predicted molar refractivity (Wildman–Crippen MR) is 152 cm³/mol. The molecule has 2 saturated heterocycles. The van der Waals surface area contributed by atoms with Crippen LogP contribution in [-0.4, -0.2) is 57.0 Å².